The number of nitrogens with zero attached hydrogens (tertiary/aromatic N) is 2. The lowest BCUT2D eigenvalue weighted by Crippen LogP contribution is -2.37. The molecule has 30 heavy (non-hydrogen) atoms. The maximum Gasteiger partial charge on any atom is 0.191 e. The number of ether oxygens (including phenoxy) is 2. The minimum Gasteiger partial charge on any atom is -0.497 e. The van der Waals surface area contributed by atoms with Crippen LogP contribution in [-0.4, -0.2) is 57.9 Å². The van der Waals surface area contributed by atoms with Crippen molar-refractivity contribution in [3.63, 3.8) is 0 Å². The summed E-state index contributed by atoms with van der Waals surface area (Å²) in [6, 6.07) is 17.0. The predicted molar refractivity (Wildman–Crippen MR) is 133 cm³/mol. The smallest absolute Gasteiger partial charge is 0.191 e. The third-order valence-electron chi connectivity index (χ3n) is 5.08. The number of nitrogens with one attached hydrogen (secondary N) is 2. The molecule has 0 unspecified atom stereocenters. The second kappa shape index (κ2) is 13.5. The maximum absolute atomic E-state index is 5.41. The van der Waals surface area contributed by atoms with Gasteiger partial charge in [-0.1, -0.05) is 36.4 Å². The Bertz CT molecular complexity index is 760. The standard InChI is InChI=1S/C23H32N4O2.HI/c1-24-23(25-12-11-19-7-9-22(28-2)10-8-19)26-17-20-3-5-21(6-4-20)18-27-13-15-29-16-14-27;/h3-10H,11-18H2,1-2H3,(H2,24,25,26);1H. The lowest BCUT2D eigenvalue weighted by Gasteiger charge is -2.26. The summed E-state index contributed by atoms with van der Waals surface area (Å²) < 4.78 is 10.6. The van der Waals surface area contributed by atoms with Gasteiger partial charge < -0.3 is 20.1 Å². The second-order valence-corrected chi connectivity index (χ2v) is 7.16. The van der Waals surface area contributed by atoms with Gasteiger partial charge in [-0.25, -0.2) is 0 Å². The Labute approximate surface area is 197 Å². The van der Waals surface area contributed by atoms with Crippen LogP contribution in [0.3, 0.4) is 0 Å². The first kappa shape index (κ1) is 24.4. The SMILES string of the molecule is CN=C(NCCc1ccc(OC)cc1)NCc1ccc(CN2CCOCC2)cc1.I. The fourth-order valence-electron chi connectivity index (χ4n) is 3.30. The normalized spacial score (nSPS) is 14.7. The molecule has 0 amide bonds. The van der Waals surface area contributed by atoms with E-state index in [4.69, 9.17) is 9.47 Å². The molecule has 0 radical (unpaired) electrons. The van der Waals surface area contributed by atoms with E-state index in [2.05, 4.69) is 56.9 Å². The summed E-state index contributed by atoms with van der Waals surface area (Å²) in [6.45, 7) is 6.28. The molecule has 1 aliphatic rings. The Hall–Kier alpha value is -1.84. The lowest BCUT2D eigenvalue weighted by atomic mass is 10.1. The highest BCUT2D eigenvalue weighted by atomic mass is 127. The Morgan fingerprint density at radius 2 is 1.60 bits per heavy atom. The third-order valence-corrected chi connectivity index (χ3v) is 5.08. The third kappa shape index (κ3) is 8.12. The molecular formula is C23H33IN4O2. The van der Waals surface area contributed by atoms with Crippen LogP contribution >= 0.6 is 24.0 Å². The predicted octanol–water partition coefficient (Wildman–Crippen LogP) is 3.05. The van der Waals surface area contributed by atoms with Crippen molar-refractivity contribution in [1.82, 2.24) is 15.5 Å². The molecule has 0 aromatic heterocycles. The van der Waals surface area contributed by atoms with E-state index in [0.717, 1.165) is 64.1 Å². The van der Waals surface area contributed by atoms with Gasteiger partial charge in [0.15, 0.2) is 5.96 Å². The molecule has 2 N–H and O–H groups in total. The van der Waals surface area contributed by atoms with Gasteiger partial charge in [0.1, 0.15) is 5.75 Å². The zero-order valence-corrected chi connectivity index (χ0v) is 20.2. The van der Waals surface area contributed by atoms with E-state index in [-0.39, 0.29) is 24.0 Å². The van der Waals surface area contributed by atoms with Crippen molar-refractivity contribution in [2.24, 2.45) is 4.99 Å². The number of morpholine rings is 1. The highest BCUT2D eigenvalue weighted by Crippen LogP contribution is 2.11. The van der Waals surface area contributed by atoms with E-state index >= 15 is 0 Å². The number of hydrogen-bond acceptors (Lipinski definition) is 4. The molecule has 0 bridgehead atoms. The van der Waals surface area contributed by atoms with Crippen molar-refractivity contribution >= 4 is 29.9 Å². The molecule has 2 aromatic rings. The van der Waals surface area contributed by atoms with Crippen molar-refractivity contribution in [3.8, 4) is 5.75 Å². The van der Waals surface area contributed by atoms with Crippen molar-refractivity contribution in [2.45, 2.75) is 19.5 Å². The molecule has 1 heterocycles. The Morgan fingerprint density at radius 3 is 2.23 bits per heavy atom. The van der Waals surface area contributed by atoms with Crippen LogP contribution in [0.1, 0.15) is 16.7 Å². The number of hydrogen-bond donors (Lipinski definition) is 2. The molecule has 0 aliphatic carbocycles. The van der Waals surface area contributed by atoms with Crippen LogP contribution < -0.4 is 15.4 Å². The molecule has 3 rings (SSSR count). The molecule has 2 aromatic carbocycles. The maximum atomic E-state index is 5.41. The highest BCUT2D eigenvalue weighted by Gasteiger charge is 2.10. The van der Waals surface area contributed by atoms with Crippen molar-refractivity contribution in [1.29, 1.82) is 0 Å². The molecule has 7 heteroatoms. The summed E-state index contributed by atoms with van der Waals surface area (Å²) in [5.41, 5.74) is 3.86. The summed E-state index contributed by atoms with van der Waals surface area (Å²) >= 11 is 0. The molecule has 164 valence electrons. The van der Waals surface area contributed by atoms with E-state index in [1.165, 1.54) is 16.7 Å². The van der Waals surface area contributed by atoms with E-state index in [9.17, 15) is 0 Å². The molecular weight excluding hydrogens is 491 g/mol. The first-order chi connectivity index (χ1) is 14.3. The molecule has 1 aliphatic heterocycles. The van der Waals surface area contributed by atoms with Crippen LogP contribution in [0.2, 0.25) is 0 Å². The summed E-state index contributed by atoms with van der Waals surface area (Å²) in [7, 11) is 3.48. The van der Waals surface area contributed by atoms with Crippen LogP contribution in [0.15, 0.2) is 53.5 Å². The average Bonchev–Trinajstić information content (AvgIpc) is 2.78. The van der Waals surface area contributed by atoms with Gasteiger partial charge in [-0.3, -0.25) is 9.89 Å². The first-order valence-corrected chi connectivity index (χ1v) is 10.2. The van der Waals surface area contributed by atoms with Crippen LogP contribution in [0, 0.1) is 0 Å². The number of benzene rings is 2. The van der Waals surface area contributed by atoms with Gasteiger partial charge >= 0.3 is 0 Å². The summed E-state index contributed by atoms with van der Waals surface area (Å²) in [5, 5.41) is 6.75. The zero-order chi connectivity index (χ0) is 20.3. The number of halogens is 1. The Morgan fingerprint density at radius 1 is 0.967 bits per heavy atom. The zero-order valence-electron chi connectivity index (χ0n) is 17.9. The van der Waals surface area contributed by atoms with E-state index in [1.807, 2.05) is 12.1 Å². The number of aliphatic imine (C=N–C) groups is 1. The summed E-state index contributed by atoms with van der Waals surface area (Å²) in [5.74, 6) is 1.70. The quantitative estimate of drug-likeness (QED) is 0.316. The first-order valence-electron chi connectivity index (χ1n) is 10.2. The lowest BCUT2D eigenvalue weighted by molar-refractivity contribution is 0.0342. The van der Waals surface area contributed by atoms with Gasteiger partial charge in [-0.2, -0.15) is 0 Å². The van der Waals surface area contributed by atoms with Crippen LogP contribution in [0.25, 0.3) is 0 Å². The van der Waals surface area contributed by atoms with Gasteiger partial charge in [0.25, 0.3) is 0 Å². The molecule has 0 saturated carbocycles. The molecule has 1 fully saturated rings. The summed E-state index contributed by atoms with van der Waals surface area (Å²) in [6.07, 6.45) is 0.931. The fraction of sp³-hybridized carbons (Fsp3) is 0.435. The van der Waals surface area contributed by atoms with E-state index in [0.29, 0.717) is 0 Å². The van der Waals surface area contributed by atoms with Crippen molar-refractivity contribution in [3.05, 3.63) is 65.2 Å². The average molecular weight is 524 g/mol. The van der Waals surface area contributed by atoms with E-state index < -0.39 is 0 Å². The number of methoxy groups -OCH3 is 1. The molecule has 0 atom stereocenters. The number of rotatable bonds is 8. The van der Waals surface area contributed by atoms with Gasteiger partial charge in [-0.05, 0) is 35.2 Å². The topological polar surface area (TPSA) is 58.1 Å². The van der Waals surface area contributed by atoms with Crippen molar-refractivity contribution < 1.29 is 9.47 Å². The minimum absolute atomic E-state index is 0. The summed E-state index contributed by atoms with van der Waals surface area (Å²) in [4.78, 5) is 6.75. The minimum atomic E-state index is 0. The monoisotopic (exact) mass is 524 g/mol. The van der Waals surface area contributed by atoms with Crippen LogP contribution in [-0.2, 0) is 24.2 Å². The fourth-order valence-corrected chi connectivity index (χ4v) is 3.30. The second-order valence-electron chi connectivity index (χ2n) is 7.16. The highest BCUT2D eigenvalue weighted by molar-refractivity contribution is 14.0. The number of guanidine groups is 1. The molecule has 0 spiro atoms. The Kier molecular flexibility index (Phi) is 11.0. The van der Waals surface area contributed by atoms with Gasteiger partial charge in [0.05, 0.1) is 20.3 Å². The van der Waals surface area contributed by atoms with Gasteiger partial charge in [-0.15, -0.1) is 24.0 Å². The molecule has 1 saturated heterocycles. The van der Waals surface area contributed by atoms with Gasteiger partial charge in [0.2, 0.25) is 0 Å². The Balaban J connectivity index is 0.00000320. The van der Waals surface area contributed by atoms with E-state index in [1.54, 1.807) is 14.2 Å². The van der Waals surface area contributed by atoms with Crippen LogP contribution in [0.4, 0.5) is 0 Å². The van der Waals surface area contributed by atoms with Crippen LogP contribution in [0.5, 0.6) is 5.75 Å². The van der Waals surface area contributed by atoms with Crippen molar-refractivity contribution in [2.75, 3.05) is 47.0 Å². The van der Waals surface area contributed by atoms with Gasteiger partial charge in [0, 0.05) is 39.8 Å². The molecule has 6 nitrogen and oxygen atoms in total. The largest absolute Gasteiger partial charge is 0.497 e.